The number of carbonyl (C=O) groups excluding carboxylic acids is 2. The van der Waals surface area contributed by atoms with Gasteiger partial charge in [-0.05, 0) is 24.8 Å². The van der Waals surface area contributed by atoms with E-state index in [1.54, 1.807) is 19.2 Å². The Morgan fingerprint density at radius 1 is 1.56 bits per heavy atom. The van der Waals surface area contributed by atoms with Crippen molar-refractivity contribution >= 4 is 28.9 Å². The molecular formula is C10H14N2O3S. The average molecular weight is 242 g/mol. The predicted octanol–water partition coefficient (Wildman–Crippen LogP) is 1.13. The molecule has 1 amide bonds. The summed E-state index contributed by atoms with van der Waals surface area (Å²) >= 11 is 1.23. The van der Waals surface area contributed by atoms with Crippen LogP contribution in [-0.2, 0) is 9.53 Å². The third kappa shape index (κ3) is 2.59. The standard InChI is InChI=1S/C10H14N2O3S/c1-5-4-16-8(10(14)15-3)7(5)12-9(13)6(2)11/h4,6H,11H2,1-3H3,(H,12,13)/t6-/m1/s1. The fourth-order valence-corrected chi connectivity index (χ4v) is 2.00. The van der Waals surface area contributed by atoms with E-state index in [9.17, 15) is 9.59 Å². The molecule has 6 heteroatoms. The summed E-state index contributed by atoms with van der Waals surface area (Å²) in [6.07, 6.45) is 0. The van der Waals surface area contributed by atoms with Gasteiger partial charge in [0, 0.05) is 0 Å². The van der Waals surface area contributed by atoms with Crippen molar-refractivity contribution in [3.8, 4) is 0 Å². The van der Waals surface area contributed by atoms with E-state index >= 15 is 0 Å². The topological polar surface area (TPSA) is 81.4 Å². The molecule has 1 atom stereocenters. The number of rotatable bonds is 3. The third-order valence-electron chi connectivity index (χ3n) is 2.01. The van der Waals surface area contributed by atoms with Crippen LogP contribution in [0.15, 0.2) is 5.38 Å². The van der Waals surface area contributed by atoms with Crippen molar-refractivity contribution in [3.05, 3.63) is 15.8 Å². The first-order valence-electron chi connectivity index (χ1n) is 4.70. The Bertz CT molecular complexity index is 412. The molecule has 1 aromatic rings. The molecule has 0 aliphatic rings. The molecular weight excluding hydrogens is 228 g/mol. The van der Waals surface area contributed by atoms with Gasteiger partial charge in [0.25, 0.3) is 0 Å². The number of nitrogens with two attached hydrogens (primary N) is 1. The Balaban J connectivity index is 2.98. The van der Waals surface area contributed by atoms with Crippen molar-refractivity contribution in [1.29, 1.82) is 0 Å². The fraction of sp³-hybridized carbons (Fsp3) is 0.400. The lowest BCUT2D eigenvalue weighted by Crippen LogP contribution is -2.33. The van der Waals surface area contributed by atoms with E-state index in [4.69, 9.17) is 5.73 Å². The predicted molar refractivity (Wildman–Crippen MR) is 62.7 cm³/mol. The summed E-state index contributed by atoms with van der Waals surface area (Å²) in [5.41, 5.74) is 6.74. The van der Waals surface area contributed by atoms with Crippen LogP contribution in [0.4, 0.5) is 5.69 Å². The summed E-state index contributed by atoms with van der Waals surface area (Å²) in [6, 6.07) is -0.621. The van der Waals surface area contributed by atoms with E-state index in [0.717, 1.165) is 5.56 Å². The van der Waals surface area contributed by atoms with Crippen molar-refractivity contribution in [1.82, 2.24) is 0 Å². The van der Waals surface area contributed by atoms with Gasteiger partial charge in [0.05, 0.1) is 18.8 Å². The van der Waals surface area contributed by atoms with E-state index < -0.39 is 12.0 Å². The van der Waals surface area contributed by atoms with Crippen molar-refractivity contribution in [2.75, 3.05) is 12.4 Å². The summed E-state index contributed by atoms with van der Waals surface area (Å²) in [6.45, 7) is 3.38. The molecule has 0 aliphatic carbocycles. The van der Waals surface area contributed by atoms with Gasteiger partial charge in [0.15, 0.2) is 0 Å². The Hall–Kier alpha value is -1.40. The van der Waals surface area contributed by atoms with Gasteiger partial charge in [-0.1, -0.05) is 0 Å². The van der Waals surface area contributed by atoms with Gasteiger partial charge in [-0.2, -0.15) is 0 Å². The van der Waals surface area contributed by atoms with Crippen LogP contribution in [0, 0.1) is 6.92 Å². The number of amides is 1. The van der Waals surface area contributed by atoms with Crippen LogP contribution in [0.1, 0.15) is 22.2 Å². The zero-order valence-corrected chi connectivity index (χ0v) is 10.2. The van der Waals surface area contributed by atoms with Crippen LogP contribution in [0.25, 0.3) is 0 Å². The SMILES string of the molecule is COC(=O)c1scc(C)c1NC(=O)[C@@H](C)N. The number of esters is 1. The Kier molecular flexibility index (Phi) is 4.03. The summed E-state index contributed by atoms with van der Waals surface area (Å²) in [4.78, 5) is 23.2. The molecule has 0 bridgehead atoms. The smallest absolute Gasteiger partial charge is 0.350 e. The van der Waals surface area contributed by atoms with Gasteiger partial charge in [-0.25, -0.2) is 4.79 Å². The van der Waals surface area contributed by atoms with Gasteiger partial charge in [0.2, 0.25) is 5.91 Å². The number of anilines is 1. The minimum absolute atomic E-state index is 0.327. The number of methoxy groups -OCH3 is 1. The van der Waals surface area contributed by atoms with E-state index in [1.807, 2.05) is 0 Å². The van der Waals surface area contributed by atoms with Gasteiger partial charge >= 0.3 is 5.97 Å². The zero-order valence-electron chi connectivity index (χ0n) is 9.37. The van der Waals surface area contributed by atoms with Crippen LogP contribution in [0.2, 0.25) is 0 Å². The summed E-state index contributed by atoms with van der Waals surface area (Å²) in [5.74, 6) is -0.787. The fourth-order valence-electron chi connectivity index (χ4n) is 1.08. The molecule has 1 heterocycles. The Morgan fingerprint density at radius 3 is 2.69 bits per heavy atom. The van der Waals surface area contributed by atoms with Crippen molar-refractivity contribution in [2.24, 2.45) is 5.73 Å². The van der Waals surface area contributed by atoms with Crippen LogP contribution >= 0.6 is 11.3 Å². The molecule has 0 saturated carbocycles. The normalized spacial score (nSPS) is 12.0. The Morgan fingerprint density at radius 2 is 2.19 bits per heavy atom. The van der Waals surface area contributed by atoms with Crippen molar-refractivity contribution in [3.63, 3.8) is 0 Å². The van der Waals surface area contributed by atoms with Crippen LogP contribution in [0.5, 0.6) is 0 Å². The second-order valence-corrected chi connectivity index (χ2v) is 4.27. The highest BCUT2D eigenvalue weighted by molar-refractivity contribution is 7.12. The first kappa shape index (κ1) is 12.7. The van der Waals surface area contributed by atoms with E-state index in [0.29, 0.717) is 10.6 Å². The molecule has 0 spiro atoms. The van der Waals surface area contributed by atoms with Gasteiger partial charge < -0.3 is 15.8 Å². The lowest BCUT2D eigenvalue weighted by Gasteiger charge is -2.09. The molecule has 0 radical (unpaired) electrons. The third-order valence-corrected chi connectivity index (χ3v) is 3.09. The number of hydrogen-bond donors (Lipinski definition) is 2. The minimum Gasteiger partial charge on any atom is -0.465 e. The quantitative estimate of drug-likeness (QED) is 0.778. The molecule has 0 aliphatic heterocycles. The monoisotopic (exact) mass is 242 g/mol. The molecule has 88 valence electrons. The maximum atomic E-state index is 11.4. The van der Waals surface area contributed by atoms with Crippen LogP contribution in [0.3, 0.4) is 0 Å². The lowest BCUT2D eigenvalue weighted by atomic mass is 10.2. The lowest BCUT2D eigenvalue weighted by molar-refractivity contribution is -0.117. The second kappa shape index (κ2) is 5.09. The zero-order chi connectivity index (χ0) is 12.3. The summed E-state index contributed by atoms with van der Waals surface area (Å²) in [7, 11) is 1.30. The molecule has 0 aromatic carbocycles. The maximum Gasteiger partial charge on any atom is 0.350 e. The number of aryl methyl sites for hydroxylation is 1. The highest BCUT2D eigenvalue weighted by Gasteiger charge is 2.19. The molecule has 0 unspecified atom stereocenters. The van der Waals surface area contributed by atoms with Gasteiger partial charge in [0.1, 0.15) is 4.88 Å². The molecule has 0 saturated heterocycles. The van der Waals surface area contributed by atoms with Gasteiger partial charge in [-0.15, -0.1) is 11.3 Å². The van der Waals surface area contributed by atoms with E-state index in [1.165, 1.54) is 18.4 Å². The number of nitrogens with one attached hydrogen (secondary N) is 1. The second-order valence-electron chi connectivity index (χ2n) is 3.39. The molecule has 1 aromatic heterocycles. The molecule has 1 rings (SSSR count). The van der Waals surface area contributed by atoms with Crippen molar-refractivity contribution < 1.29 is 14.3 Å². The van der Waals surface area contributed by atoms with E-state index in [2.05, 4.69) is 10.1 Å². The number of carbonyl (C=O) groups is 2. The van der Waals surface area contributed by atoms with Crippen molar-refractivity contribution in [2.45, 2.75) is 19.9 Å². The number of thiophene rings is 1. The molecule has 0 fully saturated rings. The van der Waals surface area contributed by atoms with Crippen LogP contribution < -0.4 is 11.1 Å². The van der Waals surface area contributed by atoms with E-state index in [-0.39, 0.29) is 5.91 Å². The van der Waals surface area contributed by atoms with Gasteiger partial charge in [-0.3, -0.25) is 4.79 Å². The average Bonchev–Trinajstić information content (AvgIpc) is 2.59. The largest absolute Gasteiger partial charge is 0.465 e. The maximum absolute atomic E-state index is 11.4. The summed E-state index contributed by atoms with van der Waals surface area (Å²) < 4.78 is 4.62. The minimum atomic E-state index is -0.621. The van der Waals surface area contributed by atoms with Crippen LogP contribution in [-0.4, -0.2) is 25.0 Å². The molecule has 16 heavy (non-hydrogen) atoms. The number of ether oxygens (including phenoxy) is 1. The highest BCUT2D eigenvalue weighted by Crippen LogP contribution is 2.28. The highest BCUT2D eigenvalue weighted by atomic mass is 32.1. The molecule has 3 N–H and O–H groups in total. The summed E-state index contributed by atoms with van der Waals surface area (Å²) in [5, 5.41) is 4.40. The Labute approximate surface area is 97.6 Å². The first-order valence-corrected chi connectivity index (χ1v) is 5.58. The molecule has 5 nitrogen and oxygen atoms in total. The first-order chi connectivity index (χ1) is 7.47. The number of hydrogen-bond acceptors (Lipinski definition) is 5.